The number of nitrogens with one attached hydrogen (secondary N) is 1. The highest BCUT2D eigenvalue weighted by Crippen LogP contribution is 2.30. The molecular formula is C44H59N3O19S. The molecule has 2 aliphatic heterocycles. The number of esters is 5. The van der Waals surface area contributed by atoms with Crippen molar-refractivity contribution < 1.29 is 84.7 Å². The van der Waals surface area contributed by atoms with E-state index in [1.807, 2.05) is 0 Å². The number of nitrogens with zero attached hydrogens (tertiary/aromatic N) is 2. The van der Waals surface area contributed by atoms with Gasteiger partial charge in [-0.3, -0.25) is 34.1 Å². The van der Waals surface area contributed by atoms with Crippen molar-refractivity contribution in [2.24, 2.45) is 5.92 Å². The summed E-state index contributed by atoms with van der Waals surface area (Å²) in [5.74, 6) is -4.14. The average Bonchev–Trinajstić information content (AvgIpc) is 3.76. The lowest BCUT2D eigenvalue weighted by Crippen LogP contribution is -2.63. The van der Waals surface area contributed by atoms with Crippen molar-refractivity contribution >= 4 is 51.7 Å². The van der Waals surface area contributed by atoms with Crippen LogP contribution in [0.3, 0.4) is 0 Å². The fraction of sp³-hybridized carbons (Fsp3) is 0.591. The van der Waals surface area contributed by atoms with E-state index in [2.05, 4.69) is 5.32 Å². The normalized spacial score (nSPS) is 21.4. The molecule has 0 spiro atoms. The zero-order valence-electron chi connectivity index (χ0n) is 38.2. The third kappa shape index (κ3) is 17.4. The molecule has 8 atom stereocenters. The summed E-state index contributed by atoms with van der Waals surface area (Å²) in [7, 11) is -4.38. The summed E-state index contributed by atoms with van der Waals surface area (Å²) in [5, 5.41) is 14.2. The van der Waals surface area contributed by atoms with E-state index in [9.17, 15) is 47.3 Å². The van der Waals surface area contributed by atoms with Crippen LogP contribution in [0.15, 0.2) is 59.5 Å². The van der Waals surface area contributed by atoms with Gasteiger partial charge >= 0.3 is 35.9 Å². The number of hydrogen-bond acceptors (Lipinski definition) is 19. The summed E-state index contributed by atoms with van der Waals surface area (Å²) >= 11 is 0. The number of sulfonamides is 1. The molecule has 0 saturated carbocycles. The number of amides is 1. The predicted octanol–water partition coefficient (Wildman–Crippen LogP) is 3.55. The molecule has 1 amide bonds. The Hall–Kier alpha value is -5.75. The third-order valence-corrected chi connectivity index (χ3v) is 12.0. The van der Waals surface area contributed by atoms with Gasteiger partial charge in [0.1, 0.15) is 24.9 Å². The van der Waals surface area contributed by atoms with Crippen LogP contribution in [-0.2, 0) is 83.0 Å². The lowest BCUT2D eigenvalue weighted by atomic mass is 9.98. The number of alkyl carbamates (subject to hydrolysis) is 1. The van der Waals surface area contributed by atoms with Gasteiger partial charge in [-0.1, -0.05) is 44.2 Å². The first kappa shape index (κ1) is 53.9. The van der Waals surface area contributed by atoms with Crippen molar-refractivity contribution in [3.8, 4) is 0 Å². The fourth-order valence-electron chi connectivity index (χ4n) is 7.22. The standard InChI is InChI=1S/C44H59N3O19S/c1-27(2)23-46(67(56,57)35-17-15-33(16-18-35)47(54)55)24-37(36(22-32-12-8-7-9-13-32)45-44(53)64-34-19-21-58-25-34)65-39(52)14-10-11-20-59-43-42(63-31(6)51)41(62-30(5)50)40(61-29(4)49)38(66-43)26-60-28(3)48/h7-9,12-13,15-18,27,34,36-38,40-43H,10-11,14,19-26H2,1-6H3,(H,45,53)/t34-,36-,37+,38?,40+,41+,42?,43+/m0/s1. The maximum absolute atomic E-state index is 14.3. The molecule has 370 valence electrons. The van der Waals surface area contributed by atoms with Gasteiger partial charge in [0.15, 0.2) is 24.6 Å². The highest BCUT2D eigenvalue weighted by Gasteiger charge is 2.52. The first-order valence-corrected chi connectivity index (χ1v) is 23.1. The second kappa shape index (κ2) is 26.0. The molecule has 2 aliphatic rings. The number of hydrogen-bond donors (Lipinski definition) is 1. The van der Waals surface area contributed by atoms with Crippen LogP contribution in [0.25, 0.3) is 0 Å². The van der Waals surface area contributed by atoms with Crippen molar-refractivity contribution in [1.29, 1.82) is 0 Å². The van der Waals surface area contributed by atoms with E-state index < -0.39 is 113 Å². The molecule has 2 unspecified atom stereocenters. The lowest BCUT2D eigenvalue weighted by molar-refractivity contribution is -0.384. The summed E-state index contributed by atoms with van der Waals surface area (Å²) < 4.78 is 79.9. The Kier molecular flexibility index (Phi) is 20.9. The summed E-state index contributed by atoms with van der Waals surface area (Å²) in [4.78, 5) is 85.9. The largest absolute Gasteiger partial charge is 0.463 e. The Morgan fingerprint density at radius 2 is 1.48 bits per heavy atom. The maximum Gasteiger partial charge on any atom is 0.407 e. The lowest BCUT2D eigenvalue weighted by Gasteiger charge is -2.44. The van der Waals surface area contributed by atoms with Gasteiger partial charge in [0.25, 0.3) is 5.69 Å². The SMILES string of the molecule is CC(=O)OCC1O[C@@H](OCCCCC(=O)O[C@H](CN(CC(C)C)S(=O)(=O)c2ccc([N+](=O)[O-])cc2)[C@H](Cc2ccccc2)NC(=O)O[C@H]2CCOC2)C(OC(C)=O)[C@H](OC(C)=O)[C@@H]1OC(C)=O. The summed E-state index contributed by atoms with van der Waals surface area (Å²) in [5.41, 5.74) is 0.397. The molecule has 2 aromatic carbocycles. The third-order valence-electron chi connectivity index (χ3n) is 10.1. The average molecular weight is 966 g/mol. The van der Waals surface area contributed by atoms with E-state index in [0.717, 1.165) is 56.3 Å². The number of carbonyl (C=O) groups is 6. The second-order valence-electron chi connectivity index (χ2n) is 16.2. The van der Waals surface area contributed by atoms with E-state index >= 15 is 0 Å². The molecule has 22 nitrogen and oxygen atoms in total. The van der Waals surface area contributed by atoms with Crippen LogP contribution in [0.1, 0.15) is 72.8 Å². The van der Waals surface area contributed by atoms with E-state index in [-0.39, 0.29) is 61.9 Å². The molecule has 23 heteroatoms. The van der Waals surface area contributed by atoms with Gasteiger partial charge in [-0.05, 0) is 42.9 Å². The van der Waals surface area contributed by atoms with Crippen molar-refractivity contribution in [2.45, 2.75) is 127 Å². The molecule has 2 heterocycles. The summed E-state index contributed by atoms with van der Waals surface area (Å²) in [6.07, 6.45) is -9.09. The van der Waals surface area contributed by atoms with Crippen LogP contribution in [0.4, 0.5) is 10.5 Å². The first-order valence-electron chi connectivity index (χ1n) is 21.7. The Morgan fingerprint density at radius 3 is 2.06 bits per heavy atom. The van der Waals surface area contributed by atoms with Crippen LogP contribution in [0.5, 0.6) is 0 Å². The predicted molar refractivity (Wildman–Crippen MR) is 231 cm³/mol. The van der Waals surface area contributed by atoms with Crippen LogP contribution in [-0.4, -0.2) is 142 Å². The quantitative estimate of drug-likeness (QED) is 0.0518. The molecule has 0 aliphatic carbocycles. The Morgan fingerprint density at radius 1 is 0.836 bits per heavy atom. The minimum absolute atomic E-state index is 0.0636. The van der Waals surface area contributed by atoms with Crippen molar-refractivity contribution in [3.63, 3.8) is 0 Å². The smallest absolute Gasteiger partial charge is 0.407 e. The second-order valence-corrected chi connectivity index (χ2v) is 18.2. The minimum Gasteiger partial charge on any atom is -0.463 e. The van der Waals surface area contributed by atoms with Gasteiger partial charge in [0.05, 0.1) is 35.6 Å². The molecule has 2 aromatic rings. The number of unbranched alkanes of at least 4 members (excludes halogenated alkanes) is 1. The van der Waals surface area contributed by atoms with Gasteiger partial charge in [0.2, 0.25) is 10.0 Å². The highest BCUT2D eigenvalue weighted by atomic mass is 32.2. The first-order chi connectivity index (χ1) is 31.7. The fourth-order valence-corrected chi connectivity index (χ4v) is 8.84. The molecular weight excluding hydrogens is 907 g/mol. The Balaban J connectivity index is 1.57. The molecule has 0 aromatic heterocycles. The number of ether oxygens (including phenoxy) is 9. The molecule has 67 heavy (non-hydrogen) atoms. The number of nitro benzene ring substituents is 1. The zero-order valence-corrected chi connectivity index (χ0v) is 39.0. The van der Waals surface area contributed by atoms with Crippen LogP contribution in [0.2, 0.25) is 0 Å². The van der Waals surface area contributed by atoms with Gasteiger partial charge in [-0.2, -0.15) is 4.31 Å². The molecule has 2 saturated heterocycles. The topological polar surface area (TPSA) is 278 Å². The van der Waals surface area contributed by atoms with E-state index in [4.69, 9.17) is 42.6 Å². The summed E-state index contributed by atoms with van der Waals surface area (Å²) in [6, 6.07) is 12.2. The van der Waals surface area contributed by atoms with Crippen molar-refractivity contribution in [3.05, 3.63) is 70.3 Å². The van der Waals surface area contributed by atoms with E-state index in [1.54, 1.807) is 44.2 Å². The van der Waals surface area contributed by atoms with Crippen LogP contribution < -0.4 is 5.32 Å². The van der Waals surface area contributed by atoms with Gasteiger partial charge in [-0.15, -0.1) is 0 Å². The highest BCUT2D eigenvalue weighted by molar-refractivity contribution is 7.89. The van der Waals surface area contributed by atoms with Gasteiger partial charge in [0, 0.05) is 65.8 Å². The molecule has 2 fully saturated rings. The van der Waals surface area contributed by atoms with Gasteiger partial charge in [-0.25, -0.2) is 13.2 Å². The van der Waals surface area contributed by atoms with E-state index in [1.165, 1.54) is 0 Å². The maximum atomic E-state index is 14.3. The number of benzene rings is 2. The molecule has 0 bridgehead atoms. The number of carbonyl (C=O) groups excluding carboxylic acids is 6. The molecule has 4 rings (SSSR count). The minimum atomic E-state index is -4.38. The molecule has 0 radical (unpaired) electrons. The van der Waals surface area contributed by atoms with Crippen molar-refractivity contribution in [2.75, 3.05) is 39.5 Å². The zero-order chi connectivity index (χ0) is 49.3. The van der Waals surface area contributed by atoms with Crippen LogP contribution in [0, 0.1) is 16.0 Å². The number of non-ortho nitro benzene ring substituents is 1. The molecule has 1 N–H and O–H groups in total. The van der Waals surface area contributed by atoms with E-state index in [0.29, 0.717) is 18.6 Å². The Bertz CT molecular complexity index is 2100. The monoisotopic (exact) mass is 965 g/mol. The number of nitro groups is 1. The Labute approximate surface area is 388 Å². The number of rotatable bonds is 24. The summed E-state index contributed by atoms with van der Waals surface area (Å²) in [6.45, 7) is 7.44. The van der Waals surface area contributed by atoms with Crippen LogP contribution >= 0.6 is 0 Å². The van der Waals surface area contributed by atoms with Crippen molar-refractivity contribution in [1.82, 2.24) is 9.62 Å². The van der Waals surface area contributed by atoms with Gasteiger partial charge < -0.3 is 47.9 Å².